The van der Waals surface area contributed by atoms with Gasteiger partial charge in [-0.15, -0.1) is 0 Å². The summed E-state index contributed by atoms with van der Waals surface area (Å²) in [4.78, 5) is 14.2. The van der Waals surface area contributed by atoms with Crippen molar-refractivity contribution in [3.63, 3.8) is 0 Å². The van der Waals surface area contributed by atoms with E-state index in [-0.39, 0.29) is 5.91 Å². The van der Waals surface area contributed by atoms with Crippen LogP contribution in [0.3, 0.4) is 0 Å². The van der Waals surface area contributed by atoms with Crippen LogP contribution in [0, 0.1) is 5.92 Å². The molecule has 0 bridgehead atoms. The van der Waals surface area contributed by atoms with Gasteiger partial charge in [-0.2, -0.15) is 0 Å². The van der Waals surface area contributed by atoms with E-state index in [1.54, 1.807) is 13.2 Å². The number of benzene rings is 2. The van der Waals surface area contributed by atoms with Gasteiger partial charge in [0.2, 0.25) is 5.91 Å². The molecular formula is C23H30N2O3. The maximum atomic E-state index is 12.2. The number of anilines is 2. The number of carbonyl (C=O) groups excluding carboxylic acids is 1. The zero-order valence-corrected chi connectivity index (χ0v) is 17.4. The SMILES string of the molecule is COc1cc(C=CC(=O)Nc2ccc(N(C)C)cc2)ccc1OCCC(C)C. The highest BCUT2D eigenvalue weighted by Gasteiger charge is 2.06. The lowest BCUT2D eigenvalue weighted by Gasteiger charge is -2.13. The van der Waals surface area contributed by atoms with Gasteiger partial charge in [0.15, 0.2) is 11.5 Å². The average Bonchev–Trinajstić information content (AvgIpc) is 2.67. The number of ether oxygens (including phenoxy) is 2. The van der Waals surface area contributed by atoms with Crippen molar-refractivity contribution in [1.29, 1.82) is 0 Å². The molecule has 0 aliphatic carbocycles. The summed E-state index contributed by atoms with van der Waals surface area (Å²) in [6.07, 6.45) is 4.25. The van der Waals surface area contributed by atoms with Crippen LogP contribution in [0.1, 0.15) is 25.8 Å². The molecule has 5 heteroatoms. The number of hydrogen-bond donors (Lipinski definition) is 1. The molecule has 0 aliphatic heterocycles. The van der Waals surface area contributed by atoms with Gasteiger partial charge in [0.25, 0.3) is 0 Å². The minimum atomic E-state index is -0.186. The molecule has 0 radical (unpaired) electrons. The molecule has 0 saturated carbocycles. The second-order valence-corrected chi connectivity index (χ2v) is 7.21. The average molecular weight is 383 g/mol. The van der Waals surface area contributed by atoms with Gasteiger partial charge in [-0.3, -0.25) is 4.79 Å². The van der Waals surface area contributed by atoms with E-state index in [2.05, 4.69) is 19.2 Å². The van der Waals surface area contributed by atoms with Crippen LogP contribution in [0.15, 0.2) is 48.5 Å². The molecule has 0 atom stereocenters. The van der Waals surface area contributed by atoms with E-state index >= 15 is 0 Å². The summed E-state index contributed by atoms with van der Waals surface area (Å²) in [5, 5.41) is 2.86. The number of methoxy groups -OCH3 is 1. The first kappa shape index (κ1) is 21.4. The molecule has 2 aromatic rings. The Kier molecular flexibility index (Phi) is 7.93. The Bertz CT molecular complexity index is 796. The Balaban J connectivity index is 1.97. The summed E-state index contributed by atoms with van der Waals surface area (Å²) in [6, 6.07) is 13.3. The lowest BCUT2D eigenvalue weighted by molar-refractivity contribution is -0.111. The fraction of sp³-hybridized carbons (Fsp3) is 0.348. The summed E-state index contributed by atoms with van der Waals surface area (Å²) >= 11 is 0. The highest BCUT2D eigenvalue weighted by Crippen LogP contribution is 2.29. The summed E-state index contributed by atoms with van der Waals surface area (Å²) in [5.41, 5.74) is 2.70. The van der Waals surface area contributed by atoms with Crippen molar-refractivity contribution in [2.24, 2.45) is 5.92 Å². The van der Waals surface area contributed by atoms with Crippen molar-refractivity contribution in [3.8, 4) is 11.5 Å². The topological polar surface area (TPSA) is 50.8 Å². The van der Waals surface area contributed by atoms with E-state index in [0.717, 1.165) is 23.4 Å². The lowest BCUT2D eigenvalue weighted by Crippen LogP contribution is -2.10. The van der Waals surface area contributed by atoms with Crippen molar-refractivity contribution in [1.82, 2.24) is 0 Å². The molecule has 150 valence electrons. The Morgan fingerprint density at radius 2 is 1.82 bits per heavy atom. The highest BCUT2D eigenvalue weighted by molar-refractivity contribution is 6.02. The van der Waals surface area contributed by atoms with Crippen LogP contribution in [0.25, 0.3) is 6.08 Å². The first-order valence-electron chi connectivity index (χ1n) is 9.46. The first-order chi connectivity index (χ1) is 13.4. The fourth-order valence-corrected chi connectivity index (χ4v) is 2.51. The molecule has 0 heterocycles. The number of amides is 1. The molecule has 2 rings (SSSR count). The van der Waals surface area contributed by atoms with E-state index in [0.29, 0.717) is 24.0 Å². The fourth-order valence-electron chi connectivity index (χ4n) is 2.51. The Morgan fingerprint density at radius 1 is 1.11 bits per heavy atom. The molecule has 0 aliphatic rings. The molecule has 0 unspecified atom stereocenters. The van der Waals surface area contributed by atoms with Gasteiger partial charge in [-0.25, -0.2) is 0 Å². The molecule has 1 N–H and O–H groups in total. The molecule has 0 spiro atoms. The van der Waals surface area contributed by atoms with Crippen LogP contribution < -0.4 is 19.7 Å². The molecule has 0 aromatic heterocycles. The Morgan fingerprint density at radius 3 is 2.43 bits per heavy atom. The molecular weight excluding hydrogens is 352 g/mol. The van der Waals surface area contributed by atoms with Crippen LogP contribution >= 0.6 is 0 Å². The van der Waals surface area contributed by atoms with Crippen LogP contribution in [-0.4, -0.2) is 33.7 Å². The van der Waals surface area contributed by atoms with Gasteiger partial charge >= 0.3 is 0 Å². The van der Waals surface area contributed by atoms with Crippen molar-refractivity contribution >= 4 is 23.4 Å². The van der Waals surface area contributed by atoms with Crippen LogP contribution in [-0.2, 0) is 4.79 Å². The molecule has 5 nitrogen and oxygen atoms in total. The summed E-state index contributed by atoms with van der Waals surface area (Å²) in [7, 11) is 5.57. The third-order valence-corrected chi connectivity index (χ3v) is 4.22. The molecule has 1 amide bonds. The smallest absolute Gasteiger partial charge is 0.248 e. The minimum Gasteiger partial charge on any atom is -0.493 e. The zero-order chi connectivity index (χ0) is 20.5. The van der Waals surface area contributed by atoms with Gasteiger partial charge in [0, 0.05) is 31.5 Å². The number of carbonyl (C=O) groups is 1. The van der Waals surface area contributed by atoms with Crippen molar-refractivity contribution in [3.05, 3.63) is 54.1 Å². The molecule has 2 aromatic carbocycles. The van der Waals surface area contributed by atoms with E-state index in [4.69, 9.17) is 9.47 Å². The zero-order valence-electron chi connectivity index (χ0n) is 17.4. The van der Waals surface area contributed by atoms with Crippen LogP contribution in [0.4, 0.5) is 11.4 Å². The minimum absolute atomic E-state index is 0.186. The maximum absolute atomic E-state index is 12.2. The molecule has 0 fully saturated rings. The van der Waals surface area contributed by atoms with Crippen LogP contribution in [0.5, 0.6) is 11.5 Å². The predicted molar refractivity (Wildman–Crippen MR) is 116 cm³/mol. The third-order valence-electron chi connectivity index (χ3n) is 4.22. The number of hydrogen-bond acceptors (Lipinski definition) is 4. The summed E-state index contributed by atoms with van der Waals surface area (Å²) < 4.78 is 11.2. The maximum Gasteiger partial charge on any atom is 0.248 e. The van der Waals surface area contributed by atoms with E-state index in [9.17, 15) is 4.79 Å². The third kappa shape index (κ3) is 6.65. The predicted octanol–water partition coefficient (Wildman–Crippen LogP) is 4.84. The van der Waals surface area contributed by atoms with Gasteiger partial charge in [-0.05, 0) is 60.4 Å². The second-order valence-electron chi connectivity index (χ2n) is 7.21. The number of rotatable bonds is 9. The molecule has 0 saturated heterocycles. The Labute approximate surface area is 168 Å². The Hall–Kier alpha value is -2.95. The lowest BCUT2D eigenvalue weighted by atomic mass is 10.1. The number of nitrogens with one attached hydrogen (secondary N) is 1. The highest BCUT2D eigenvalue weighted by atomic mass is 16.5. The number of nitrogens with zero attached hydrogens (tertiary/aromatic N) is 1. The summed E-state index contributed by atoms with van der Waals surface area (Å²) in [6.45, 7) is 4.98. The van der Waals surface area contributed by atoms with Gasteiger partial charge in [0.05, 0.1) is 13.7 Å². The van der Waals surface area contributed by atoms with Crippen molar-refractivity contribution < 1.29 is 14.3 Å². The van der Waals surface area contributed by atoms with Gasteiger partial charge in [0.1, 0.15) is 0 Å². The quantitative estimate of drug-likeness (QED) is 0.631. The van der Waals surface area contributed by atoms with Gasteiger partial charge < -0.3 is 19.7 Å². The van der Waals surface area contributed by atoms with E-state index < -0.39 is 0 Å². The molecule has 28 heavy (non-hydrogen) atoms. The standard InChI is InChI=1S/C23H30N2O3/c1-17(2)14-15-28-21-12-6-18(16-22(21)27-5)7-13-23(26)24-19-8-10-20(11-9-19)25(3)4/h6-13,16-17H,14-15H2,1-5H3,(H,24,26). The monoisotopic (exact) mass is 382 g/mol. The second kappa shape index (κ2) is 10.4. The van der Waals surface area contributed by atoms with Crippen molar-refractivity contribution in [2.75, 3.05) is 38.0 Å². The largest absolute Gasteiger partial charge is 0.493 e. The van der Waals surface area contributed by atoms with Crippen molar-refractivity contribution in [2.45, 2.75) is 20.3 Å². The summed E-state index contributed by atoms with van der Waals surface area (Å²) in [5.74, 6) is 1.77. The normalized spacial score (nSPS) is 10.9. The van der Waals surface area contributed by atoms with E-state index in [1.807, 2.05) is 61.5 Å². The van der Waals surface area contributed by atoms with Gasteiger partial charge in [-0.1, -0.05) is 19.9 Å². The first-order valence-corrected chi connectivity index (χ1v) is 9.46. The van der Waals surface area contributed by atoms with Crippen LogP contribution in [0.2, 0.25) is 0 Å². The van der Waals surface area contributed by atoms with E-state index in [1.165, 1.54) is 6.08 Å².